The Morgan fingerprint density at radius 2 is 2.26 bits per heavy atom. The highest BCUT2D eigenvalue weighted by molar-refractivity contribution is 5.77. The number of imidazole rings is 1. The minimum atomic E-state index is 0.575. The first-order valence-corrected chi connectivity index (χ1v) is 7.53. The standard InChI is InChI=1S/C16H23N3/c1-3-12-7-8-15-14(10-12)18-16(19(15)4-2)13-6-5-9-17-11-13/h7-8,10,13,17H,3-6,9,11H2,1-2H3. The molecule has 1 saturated heterocycles. The number of piperidine rings is 1. The van der Waals surface area contributed by atoms with Crippen molar-refractivity contribution in [1.29, 1.82) is 0 Å². The van der Waals surface area contributed by atoms with Crippen LogP contribution in [0.3, 0.4) is 0 Å². The van der Waals surface area contributed by atoms with Crippen LogP contribution in [0.15, 0.2) is 18.2 Å². The Morgan fingerprint density at radius 3 is 2.95 bits per heavy atom. The van der Waals surface area contributed by atoms with Crippen LogP contribution in [0, 0.1) is 0 Å². The molecule has 2 heterocycles. The fraction of sp³-hybridized carbons (Fsp3) is 0.562. The summed E-state index contributed by atoms with van der Waals surface area (Å²) in [6.45, 7) is 7.65. The van der Waals surface area contributed by atoms with Gasteiger partial charge in [-0.1, -0.05) is 13.0 Å². The van der Waals surface area contributed by atoms with Crippen molar-refractivity contribution in [3.8, 4) is 0 Å². The molecular formula is C16H23N3. The second-order valence-electron chi connectivity index (χ2n) is 5.43. The molecule has 0 saturated carbocycles. The van der Waals surface area contributed by atoms with Crippen molar-refractivity contribution in [1.82, 2.24) is 14.9 Å². The molecule has 2 aromatic rings. The Kier molecular flexibility index (Phi) is 3.56. The lowest BCUT2D eigenvalue weighted by Gasteiger charge is -2.22. The minimum Gasteiger partial charge on any atom is -0.328 e. The summed E-state index contributed by atoms with van der Waals surface area (Å²) >= 11 is 0. The van der Waals surface area contributed by atoms with Gasteiger partial charge < -0.3 is 9.88 Å². The fourth-order valence-electron chi connectivity index (χ4n) is 3.13. The Hall–Kier alpha value is -1.35. The van der Waals surface area contributed by atoms with E-state index < -0.39 is 0 Å². The maximum absolute atomic E-state index is 4.94. The number of aryl methyl sites for hydroxylation is 2. The molecule has 1 unspecified atom stereocenters. The lowest BCUT2D eigenvalue weighted by molar-refractivity contribution is 0.436. The van der Waals surface area contributed by atoms with Gasteiger partial charge in [-0.15, -0.1) is 0 Å². The molecule has 0 amide bonds. The minimum absolute atomic E-state index is 0.575. The van der Waals surface area contributed by atoms with Crippen molar-refractivity contribution in [2.24, 2.45) is 0 Å². The summed E-state index contributed by atoms with van der Waals surface area (Å²) in [5.41, 5.74) is 3.84. The lowest BCUT2D eigenvalue weighted by atomic mass is 9.99. The lowest BCUT2D eigenvalue weighted by Crippen LogP contribution is -2.30. The molecule has 102 valence electrons. The van der Waals surface area contributed by atoms with Crippen molar-refractivity contribution in [3.63, 3.8) is 0 Å². The monoisotopic (exact) mass is 257 g/mol. The van der Waals surface area contributed by atoms with Gasteiger partial charge in [0.25, 0.3) is 0 Å². The Morgan fingerprint density at radius 1 is 1.37 bits per heavy atom. The SMILES string of the molecule is CCc1ccc2c(c1)nc(C1CCCNC1)n2CC. The predicted octanol–water partition coefficient (Wildman–Crippen LogP) is 3.09. The number of nitrogens with zero attached hydrogens (tertiary/aromatic N) is 2. The number of fused-ring (bicyclic) bond motifs is 1. The van der Waals surface area contributed by atoms with Crippen molar-refractivity contribution in [2.45, 2.75) is 45.6 Å². The van der Waals surface area contributed by atoms with Crippen LogP contribution in [0.1, 0.15) is 44.0 Å². The predicted molar refractivity (Wildman–Crippen MR) is 79.6 cm³/mol. The summed E-state index contributed by atoms with van der Waals surface area (Å²) in [6.07, 6.45) is 3.60. The van der Waals surface area contributed by atoms with E-state index in [1.165, 1.54) is 35.3 Å². The van der Waals surface area contributed by atoms with E-state index in [4.69, 9.17) is 4.98 Å². The second-order valence-corrected chi connectivity index (χ2v) is 5.43. The molecule has 0 spiro atoms. The Labute approximate surface area is 115 Å². The largest absolute Gasteiger partial charge is 0.328 e. The zero-order valence-electron chi connectivity index (χ0n) is 11.9. The zero-order valence-corrected chi connectivity index (χ0v) is 11.9. The molecule has 1 N–H and O–H groups in total. The van der Waals surface area contributed by atoms with Gasteiger partial charge in [0.15, 0.2) is 0 Å². The van der Waals surface area contributed by atoms with Gasteiger partial charge in [-0.3, -0.25) is 0 Å². The molecule has 1 aromatic carbocycles. The van der Waals surface area contributed by atoms with Crippen LogP contribution in [-0.2, 0) is 13.0 Å². The van der Waals surface area contributed by atoms with Crippen LogP contribution in [0.2, 0.25) is 0 Å². The quantitative estimate of drug-likeness (QED) is 0.915. The summed E-state index contributed by atoms with van der Waals surface area (Å²) in [6, 6.07) is 6.73. The van der Waals surface area contributed by atoms with E-state index >= 15 is 0 Å². The highest BCUT2D eigenvalue weighted by Crippen LogP contribution is 2.27. The topological polar surface area (TPSA) is 29.9 Å². The second kappa shape index (κ2) is 5.33. The van der Waals surface area contributed by atoms with Crippen molar-refractivity contribution in [2.75, 3.05) is 13.1 Å². The number of nitrogens with one attached hydrogen (secondary N) is 1. The summed E-state index contributed by atoms with van der Waals surface area (Å²) < 4.78 is 2.40. The van der Waals surface area contributed by atoms with Crippen LogP contribution in [0.25, 0.3) is 11.0 Å². The molecule has 3 nitrogen and oxygen atoms in total. The molecular weight excluding hydrogens is 234 g/mol. The van der Waals surface area contributed by atoms with Crippen molar-refractivity contribution >= 4 is 11.0 Å². The first-order valence-electron chi connectivity index (χ1n) is 7.53. The van der Waals surface area contributed by atoms with Crippen LogP contribution in [0.4, 0.5) is 0 Å². The third-order valence-electron chi connectivity index (χ3n) is 4.23. The van der Waals surface area contributed by atoms with E-state index in [2.05, 4.69) is 41.9 Å². The number of benzene rings is 1. The van der Waals surface area contributed by atoms with Gasteiger partial charge >= 0.3 is 0 Å². The molecule has 1 atom stereocenters. The molecule has 0 bridgehead atoms. The first kappa shape index (κ1) is 12.7. The van der Waals surface area contributed by atoms with E-state index in [1.54, 1.807) is 0 Å². The number of hydrogen-bond donors (Lipinski definition) is 1. The van der Waals surface area contributed by atoms with Gasteiger partial charge in [0, 0.05) is 19.0 Å². The van der Waals surface area contributed by atoms with Crippen molar-refractivity contribution in [3.05, 3.63) is 29.6 Å². The van der Waals surface area contributed by atoms with E-state index in [0.717, 1.165) is 26.1 Å². The maximum Gasteiger partial charge on any atom is 0.114 e. The number of hydrogen-bond acceptors (Lipinski definition) is 2. The van der Waals surface area contributed by atoms with E-state index in [1.807, 2.05) is 0 Å². The summed E-state index contributed by atoms with van der Waals surface area (Å²) in [7, 11) is 0. The molecule has 1 aromatic heterocycles. The summed E-state index contributed by atoms with van der Waals surface area (Å²) in [5, 5.41) is 3.50. The maximum atomic E-state index is 4.94. The van der Waals surface area contributed by atoms with Gasteiger partial charge in [-0.25, -0.2) is 4.98 Å². The van der Waals surface area contributed by atoms with Gasteiger partial charge in [0.2, 0.25) is 0 Å². The fourth-order valence-corrected chi connectivity index (χ4v) is 3.13. The molecule has 0 radical (unpaired) electrons. The van der Waals surface area contributed by atoms with Crippen LogP contribution < -0.4 is 5.32 Å². The zero-order chi connectivity index (χ0) is 13.2. The third kappa shape index (κ3) is 2.27. The highest BCUT2D eigenvalue weighted by Gasteiger charge is 2.21. The van der Waals surface area contributed by atoms with Crippen LogP contribution in [-0.4, -0.2) is 22.6 Å². The highest BCUT2D eigenvalue weighted by atomic mass is 15.1. The Balaban J connectivity index is 2.07. The van der Waals surface area contributed by atoms with Gasteiger partial charge in [0.05, 0.1) is 11.0 Å². The van der Waals surface area contributed by atoms with Crippen LogP contribution in [0.5, 0.6) is 0 Å². The van der Waals surface area contributed by atoms with E-state index in [0.29, 0.717) is 5.92 Å². The average molecular weight is 257 g/mol. The van der Waals surface area contributed by atoms with E-state index in [-0.39, 0.29) is 0 Å². The normalized spacial score (nSPS) is 20.0. The van der Waals surface area contributed by atoms with Crippen molar-refractivity contribution < 1.29 is 0 Å². The molecule has 19 heavy (non-hydrogen) atoms. The molecule has 1 fully saturated rings. The first-order chi connectivity index (χ1) is 9.33. The van der Waals surface area contributed by atoms with Crippen LogP contribution >= 0.6 is 0 Å². The molecule has 1 aliphatic rings. The third-order valence-corrected chi connectivity index (χ3v) is 4.23. The number of rotatable bonds is 3. The smallest absolute Gasteiger partial charge is 0.114 e. The molecule has 0 aliphatic carbocycles. The Bertz CT molecular complexity index is 565. The summed E-state index contributed by atoms with van der Waals surface area (Å²) in [4.78, 5) is 4.94. The van der Waals surface area contributed by atoms with Gasteiger partial charge in [-0.05, 0) is 50.4 Å². The molecule has 1 aliphatic heterocycles. The molecule has 3 heteroatoms. The average Bonchev–Trinajstić information content (AvgIpc) is 2.85. The van der Waals surface area contributed by atoms with Gasteiger partial charge in [0.1, 0.15) is 5.82 Å². The molecule has 3 rings (SSSR count). The number of aromatic nitrogens is 2. The van der Waals surface area contributed by atoms with E-state index in [9.17, 15) is 0 Å². The van der Waals surface area contributed by atoms with Gasteiger partial charge in [-0.2, -0.15) is 0 Å². The summed E-state index contributed by atoms with van der Waals surface area (Å²) in [5.74, 6) is 1.85.